The van der Waals surface area contributed by atoms with Crippen LogP contribution >= 0.6 is 0 Å². The largest absolute Gasteiger partial charge is 0.384 e. The quantitative estimate of drug-likeness (QED) is 0.847. The number of nitrogens with zero attached hydrogens (tertiary/aromatic N) is 2. The highest BCUT2D eigenvalue weighted by Crippen LogP contribution is 2.28. The van der Waals surface area contributed by atoms with Gasteiger partial charge in [-0.1, -0.05) is 13.3 Å². The highest BCUT2D eigenvalue weighted by Gasteiger charge is 2.32. The number of anilines is 1. The van der Waals surface area contributed by atoms with E-state index in [4.69, 9.17) is 5.73 Å². The van der Waals surface area contributed by atoms with Gasteiger partial charge in [0, 0.05) is 24.3 Å². The van der Waals surface area contributed by atoms with Crippen LogP contribution in [0.15, 0.2) is 18.3 Å². The molecule has 1 amide bonds. The predicted molar refractivity (Wildman–Crippen MR) is 67.6 cm³/mol. The molecule has 17 heavy (non-hydrogen) atoms. The van der Waals surface area contributed by atoms with Gasteiger partial charge >= 0.3 is 0 Å². The molecule has 2 rings (SSSR count). The van der Waals surface area contributed by atoms with Crippen LogP contribution in [0.2, 0.25) is 0 Å². The summed E-state index contributed by atoms with van der Waals surface area (Å²) in [5.74, 6) is 0.497. The van der Waals surface area contributed by atoms with Crippen molar-refractivity contribution in [1.29, 1.82) is 0 Å². The van der Waals surface area contributed by atoms with Gasteiger partial charge in [0.05, 0.1) is 0 Å². The summed E-state index contributed by atoms with van der Waals surface area (Å²) >= 11 is 0. The van der Waals surface area contributed by atoms with Crippen LogP contribution < -0.4 is 5.73 Å². The zero-order chi connectivity index (χ0) is 12.3. The van der Waals surface area contributed by atoms with E-state index in [9.17, 15) is 4.79 Å². The Morgan fingerprint density at radius 2 is 2.35 bits per heavy atom. The molecule has 0 atom stereocenters. The lowest BCUT2D eigenvalue weighted by Crippen LogP contribution is -2.34. The van der Waals surface area contributed by atoms with Crippen molar-refractivity contribution >= 4 is 11.7 Å². The third-order valence-corrected chi connectivity index (χ3v) is 3.03. The Morgan fingerprint density at radius 3 is 2.94 bits per heavy atom. The van der Waals surface area contributed by atoms with Gasteiger partial charge in [-0.05, 0) is 31.4 Å². The Labute approximate surface area is 102 Å². The summed E-state index contributed by atoms with van der Waals surface area (Å²) in [6.07, 6.45) is 6.03. The molecule has 1 fully saturated rings. The molecule has 0 bridgehead atoms. The van der Waals surface area contributed by atoms with Crippen LogP contribution in [0.3, 0.4) is 0 Å². The molecule has 1 aliphatic rings. The Kier molecular flexibility index (Phi) is 3.61. The Bertz CT molecular complexity index is 401. The van der Waals surface area contributed by atoms with E-state index in [0.717, 1.165) is 32.2 Å². The smallest absolute Gasteiger partial charge is 0.254 e. The third kappa shape index (κ3) is 2.96. The average molecular weight is 233 g/mol. The van der Waals surface area contributed by atoms with E-state index in [1.54, 1.807) is 18.3 Å². The van der Waals surface area contributed by atoms with Gasteiger partial charge in [0.1, 0.15) is 5.82 Å². The van der Waals surface area contributed by atoms with E-state index >= 15 is 0 Å². The Hall–Kier alpha value is -1.58. The number of hydrogen-bond donors (Lipinski definition) is 1. The maximum atomic E-state index is 12.3. The van der Waals surface area contributed by atoms with E-state index in [0.29, 0.717) is 17.4 Å². The van der Waals surface area contributed by atoms with Gasteiger partial charge in [-0.15, -0.1) is 0 Å². The van der Waals surface area contributed by atoms with Crippen LogP contribution in [0.25, 0.3) is 0 Å². The molecule has 92 valence electrons. The number of amides is 1. The van der Waals surface area contributed by atoms with Crippen LogP contribution in [-0.4, -0.2) is 28.4 Å². The molecule has 1 aromatic rings. The first-order chi connectivity index (χ1) is 8.22. The van der Waals surface area contributed by atoms with E-state index in [2.05, 4.69) is 11.9 Å². The minimum absolute atomic E-state index is 0.0926. The molecule has 0 aliphatic heterocycles. The van der Waals surface area contributed by atoms with Gasteiger partial charge in [-0.25, -0.2) is 4.98 Å². The number of nitrogen functional groups attached to an aromatic ring is 1. The molecule has 1 saturated carbocycles. The lowest BCUT2D eigenvalue weighted by atomic mass is 10.2. The summed E-state index contributed by atoms with van der Waals surface area (Å²) in [4.78, 5) is 18.2. The average Bonchev–Trinajstić information content (AvgIpc) is 3.14. The number of hydrogen-bond acceptors (Lipinski definition) is 3. The molecular formula is C13H19N3O. The van der Waals surface area contributed by atoms with Crippen molar-refractivity contribution in [3.63, 3.8) is 0 Å². The Morgan fingerprint density at radius 1 is 1.59 bits per heavy atom. The first kappa shape index (κ1) is 11.9. The molecular weight excluding hydrogens is 214 g/mol. The fourth-order valence-corrected chi connectivity index (χ4v) is 1.91. The van der Waals surface area contributed by atoms with Crippen LogP contribution in [0.5, 0.6) is 0 Å². The van der Waals surface area contributed by atoms with E-state index in [1.165, 1.54) is 0 Å². The number of rotatable bonds is 5. The van der Waals surface area contributed by atoms with Crippen molar-refractivity contribution in [2.75, 3.05) is 12.3 Å². The molecule has 4 heteroatoms. The van der Waals surface area contributed by atoms with Gasteiger partial charge in [-0.3, -0.25) is 4.79 Å². The maximum absolute atomic E-state index is 12.3. The van der Waals surface area contributed by atoms with Gasteiger partial charge in [0.25, 0.3) is 5.91 Å². The normalized spacial score (nSPS) is 14.6. The van der Waals surface area contributed by atoms with Crippen LogP contribution in [0.4, 0.5) is 5.82 Å². The molecule has 1 heterocycles. The molecule has 0 aromatic carbocycles. The van der Waals surface area contributed by atoms with Crippen molar-refractivity contribution in [3.8, 4) is 0 Å². The summed E-state index contributed by atoms with van der Waals surface area (Å²) in [6.45, 7) is 2.99. The van der Waals surface area contributed by atoms with Crippen molar-refractivity contribution in [3.05, 3.63) is 23.9 Å². The van der Waals surface area contributed by atoms with Gasteiger partial charge in [0.15, 0.2) is 0 Å². The lowest BCUT2D eigenvalue weighted by molar-refractivity contribution is 0.0740. The third-order valence-electron chi connectivity index (χ3n) is 3.03. The first-order valence-corrected chi connectivity index (χ1v) is 6.25. The molecule has 1 aromatic heterocycles. The second kappa shape index (κ2) is 5.17. The first-order valence-electron chi connectivity index (χ1n) is 6.25. The fourth-order valence-electron chi connectivity index (χ4n) is 1.91. The van der Waals surface area contributed by atoms with E-state index < -0.39 is 0 Å². The number of unbranched alkanes of at least 4 members (excludes halogenated alkanes) is 1. The van der Waals surface area contributed by atoms with Gasteiger partial charge in [-0.2, -0.15) is 0 Å². The molecule has 2 N–H and O–H groups in total. The molecule has 0 saturated heterocycles. The number of nitrogens with two attached hydrogens (primary N) is 1. The molecule has 1 aliphatic carbocycles. The van der Waals surface area contributed by atoms with Crippen molar-refractivity contribution in [2.45, 2.75) is 38.6 Å². The number of carbonyl (C=O) groups excluding carboxylic acids is 1. The Balaban J connectivity index is 2.10. The topological polar surface area (TPSA) is 59.2 Å². The van der Waals surface area contributed by atoms with Crippen LogP contribution in [-0.2, 0) is 0 Å². The van der Waals surface area contributed by atoms with E-state index in [1.807, 2.05) is 4.90 Å². The van der Waals surface area contributed by atoms with Crippen LogP contribution in [0, 0.1) is 0 Å². The summed E-state index contributed by atoms with van der Waals surface area (Å²) < 4.78 is 0. The summed E-state index contributed by atoms with van der Waals surface area (Å²) in [5, 5.41) is 0. The molecule has 0 radical (unpaired) electrons. The zero-order valence-corrected chi connectivity index (χ0v) is 10.2. The maximum Gasteiger partial charge on any atom is 0.254 e. The monoisotopic (exact) mass is 233 g/mol. The minimum Gasteiger partial charge on any atom is -0.384 e. The lowest BCUT2D eigenvalue weighted by Gasteiger charge is -2.22. The molecule has 4 nitrogen and oxygen atoms in total. The summed E-state index contributed by atoms with van der Waals surface area (Å²) in [7, 11) is 0. The highest BCUT2D eigenvalue weighted by molar-refractivity contribution is 5.95. The van der Waals surface area contributed by atoms with Crippen molar-refractivity contribution in [1.82, 2.24) is 9.88 Å². The number of aromatic nitrogens is 1. The zero-order valence-electron chi connectivity index (χ0n) is 10.2. The second-order valence-corrected chi connectivity index (χ2v) is 4.55. The summed E-state index contributed by atoms with van der Waals surface area (Å²) in [5.41, 5.74) is 6.26. The number of carbonyl (C=O) groups is 1. The number of pyridine rings is 1. The second-order valence-electron chi connectivity index (χ2n) is 4.55. The fraction of sp³-hybridized carbons (Fsp3) is 0.538. The van der Waals surface area contributed by atoms with Crippen molar-refractivity contribution in [2.24, 2.45) is 0 Å². The SMILES string of the molecule is CCCCN(C(=O)c1ccnc(N)c1)C1CC1. The van der Waals surface area contributed by atoms with E-state index in [-0.39, 0.29) is 5.91 Å². The summed E-state index contributed by atoms with van der Waals surface area (Å²) in [6, 6.07) is 3.84. The standard InChI is InChI=1S/C13H19N3O/c1-2-3-8-16(11-4-5-11)13(17)10-6-7-15-12(14)9-10/h6-7,9,11H,2-5,8H2,1H3,(H2,14,15). The van der Waals surface area contributed by atoms with Gasteiger partial charge in [0.2, 0.25) is 0 Å². The van der Waals surface area contributed by atoms with Crippen LogP contribution in [0.1, 0.15) is 43.0 Å². The highest BCUT2D eigenvalue weighted by atomic mass is 16.2. The predicted octanol–water partition coefficient (Wildman–Crippen LogP) is 2.07. The molecule has 0 spiro atoms. The van der Waals surface area contributed by atoms with Gasteiger partial charge < -0.3 is 10.6 Å². The molecule has 0 unspecified atom stereocenters. The van der Waals surface area contributed by atoms with Crippen molar-refractivity contribution < 1.29 is 4.79 Å². The minimum atomic E-state index is 0.0926.